The smallest absolute Gasteiger partial charge is 0.409 e. The topological polar surface area (TPSA) is 52.3 Å². The van der Waals surface area contributed by atoms with Gasteiger partial charge in [-0.3, -0.25) is 0 Å². The van der Waals surface area contributed by atoms with Gasteiger partial charge in [0.05, 0.1) is 0 Å². The van der Waals surface area contributed by atoms with Gasteiger partial charge in [-0.05, 0) is 11.8 Å². The van der Waals surface area contributed by atoms with Crippen LogP contribution in [0.1, 0.15) is 12.5 Å². The molecule has 1 aromatic carbocycles. The molecule has 0 saturated carbocycles. The first kappa shape index (κ1) is 10.9. The van der Waals surface area contributed by atoms with Crippen LogP contribution in [0.4, 0.5) is 4.79 Å². The molecule has 4 heteroatoms. The second kappa shape index (κ2) is 5.54. The van der Waals surface area contributed by atoms with Gasteiger partial charge in [0, 0.05) is 11.3 Å². The Kier molecular flexibility index (Phi) is 4.32. The number of carbonyl (C=O) groups is 1. The zero-order valence-corrected chi connectivity index (χ0v) is 8.84. The largest absolute Gasteiger partial charge is 0.410 e. The zero-order chi connectivity index (χ0) is 10.4. The molecule has 0 heterocycles. The van der Waals surface area contributed by atoms with Gasteiger partial charge in [-0.15, -0.1) is 0 Å². The first-order chi connectivity index (χ1) is 6.74. The van der Waals surface area contributed by atoms with Crippen molar-refractivity contribution in [2.75, 3.05) is 5.75 Å². The van der Waals surface area contributed by atoms with Crippen molar-refractivity contribution in [3.05, 3.63) is 29.8 Å². The molecule has 0 aliphatic carbocycles. The third kappa shape index (κ3) is 3.30. The number of benzene rings is 1. The van der Waals surface area contributed by atoms with Gasteiger partial charge in [-0.25, -0.2) is 4.79 Å². The molecule has 0 aromatic heterocycles. The number of para-hydroxylation sites is 1. The molecule has 1 amide bonds. The van der Waals surface area contributed by atoms with E-state index in [4.69, 9.17) is 10.5 Å². The van der Waals surface area contributed by atoms with Gasteiger partial charge in [0.1, 0.15) is 5.75 Å². The quantitative estimate of drug-likeness (QED) is 0.832. The van der Waals surface area contributed by atoms with Crippen LogP contribution in [0.15, 0.2) is 24.3 Å². The molecule has 1 aromatic rings. The Morgan fingerprint density at radius 1 is 1.50 bits per heavy atom. The molecule has 0 atom stereocenters. The van der Waals surface area contributed by atoms with Gasteiger partial charge in [-0.2, -0.15) is 11.8 Å². The van der Waals surface area contributed by atoms with E-state index >= 15 is 0 Å². The highest BCUT2D eigenvalue weighted by Gasteiger charge is 2.04. The average molecular weight is 211 g/mol. The van der Waals surface area contributed by atoms with E-state index in [9.17, 15) is 4.79 Å². The van der Waals surface area contributed by atoms with Gasteiger partial charge < -0.3 is 10.5 Å². The van der Waals surface area contributed by atoms with Crippen molar-refractivity contribution in [1.29, 1.82) is 0 Å². The summed E-state index contributed by atoms with van der Waals surface area (Å²) in [5, 5.41) is 0. The molecule has 0 fully saturated rings. The lowest BCUT2D eigenvalue weighted by molar-refractivity contribution is 0.210. The maximum atomic E-state index is 10.6. The third-order valence-electron chi connectivity index (χ3n) is 1.64. The number of ether oxygens (including phenoxy) is 1. The highest BCUT2D eigenvalue weighted by atomic mass is 32.2. The van der Waals surface area contributed by atoms with Crippen molar-refractivity contribution in [3.63, 3.8) is 0 Å². The number of thioether (sulfide) groups is 1. The highest BCUT2D eigenvalue weighted by molar-refractivity contribution is 7.98. The molecule has 0 bridgehead atoms. The normalized spacial score (nSPS) is 9.79. The van der Waals surface area contributed by atoms with E-state index in [1.165, 1.54) is 0 Å². The summed E-state index contributed by atoms with van der Waals surface area (Å²) in [4.78, 5) is 10.6. The lowest BCUT2D eigenvalue weighted by atomic mass is 10.2. The second-order valence-electron chi connectivity index (χ2n) is 2.67. The highest BCUT2D eigenvalue weighted by Crippen LogP contribution is 2.22. The summed E-state index contributed by atoms with van der Waals surface area (Å²) in [7, 11) is 0. The van der Waals surface area contributed by atoms with Crippen molar-refractivity contribution in [2.24, 2.45) is 5.73 Å². The number of rotatable bonds is 4. The fraction of sp³-hybridized carbons (Fsp3) is 0.300. The van der Waals surface area contributed by atoms with E-state index in [1.807, 2.05) is 18.2 Å². The van der Waals surface area contributed by atoms with E-state index in [1.54, 1.807) is 17.8 Å². The molecule has 0 radical (unpaired) electrons. The predicted molar refractivity (Wildman–Crippen MR) is 58.5 cm³/mol. The van der Waals surface area contributed by atoms with Crippen LogP contribution in [0.2, 0.25) is 0 Å². The molecular weight excluding hydrogens is 198 g/mol. The van der Waals surface area contributed by atoms with Crippen LogP contribution in [0.5, 0.6) is 5.75 Å². The molecule has 76 valence electrons. The molecule has 1 rings (SSSR count). The van der Waals surface area contributed by atoms with Crippen LogP contribution < -0.4 is 10.5 Å². The molecule has 0 spiro atoms. The van der Waals surface area contributed by atoms with E-state index in [0.29, 0.717) is 5.75 Å². The van der Waals surface area contributed by atoms with Gasteiger partial charge in [0.15, 0.2) is 0 Å². The van der Waals surface area contributed by atoms with Crippen molar-refractivity contribution in [1.82, 2.24) is 0 Å². The molecular formula is C10H13NO2S. The van der Waals surface area contributed by atoms with Gasteiger partial charge in [0.2, 0.25) is 0 Å². The fourth-order valence-electron chi connectivity index (χ4n) is 1.04. The van der Waals surface area contributed by atoms with Crippen LogP contribution in [-0.4, -0.2) is 11.8 Å². The van der Waals surface area contributed by atoms with Gasteiger partial charge in [-0.1, -0.05) is 25.1 Å². The van der Waals surface area contributed by atoms with Crippen molar-refractivity contribution >= 4 is 17.9 Å². The number of primary amides is 1. The average Bonchev–Trinajstić information content (AvgIpc) is 2.16. The minimum atomic E-state index is -0.765. The summed E-state index contributed by atoms with van der Waals surface area (Å²) in [6.45, 7) is 2.09. The Balaban J connectivity index is 2.74. The van der Waals surface area contributed by atoms with Crippen molar-refractivity contribution < 1.29 is 9.53 Å². The summed E-state index contributed by atoms with van der Waals surface area (Å²) in [6, 6.07) is 7.41. The van der Waals surface area contributed by atoms with Crippen molar-refractivity contribution in [2.45, 2.75) is 12.7 Å². The molecule has 0 unspecified atom stereocenters. The summed E-state index contributed by atoms with van der Waals surface area (Å²) in [6.07, 6.45) is -0.765. The lowest BCUT2D eigenvalue weighted by Crippen LogP contribution is -2.16. The van der Waals surface area contributed by atoms with E-state index in [2.05, 4.69) is 6.92 Å². The maximum absolute atomic E-state index is 10.6. The molecule has 2 N–H and O–H groups in total. The number of nitrogens with two attached hydrogens (primary N) is 1. The minimum Gasteiger partial charge on any atom is -0.410 e. The first-order valence-corrected chi connectivity index (χ1v) is 5.52. The molecule has 0 aliphatic heterocycles. The summed E-state index contributed by atoms with van der Waals surface area (Å²) < 4.78 is 4.87. The molecule has 0 aliphatic rings. The standard InChI is InChI=1S/C10H13NO2S/c1-2-14-7-8-5-3-4-6-9(8)13-10(11)12/h3-6H,2,7H2,1H3,(H2,11,12). The third-order valence-corrected chi connectivity index (χ3v) is 2.57. The SMILES string of the molecule is CCSCc1ccccc1OC(N)=O. The van der Waals surface area contributed by atoms with Crippen LogP contribution in [0.25, 0.3) is 0 Å². The summed E-state index contributed by atoms with van der Waals surface area (Å²) >= 11 is 1.77. The lowest BCUT2D eigenvalue weighted by Gasteiger charge is -2.06. The Morgan fingerprint density at radius 3 is 2.86 bits per heavy atom. The second-order valence-corrected chi connectivity index (χ2v) is 3.94. The Morgan fingerprint density at radius 2 is 2.21 bits per heavy atom. The van der Waals surface area contributed by atoms with Gasteiger partial charge in [0.25, 0.3) is 0 Å². The van der Waals surface area contributed by atoms with Crippen molar-refractivity contribution in [3.8, 4) is 5.75 Å². The first-order valence-electron chi connectivity index (χ1n) is 4.37. The molecule has 14 heavy (non-hydrogen) atoms. The van der Waals surface area contributed by atoms with E-state index < -0.39 is 6.09 Å². The molecule has 3 nitrogen and oxygen atoms in total. The van der Waals surface area contributed by atoms with Crippen LogP contribution >= 0.6 is 11.8 Å². The minimum absolute atomic E-state index is 0.556. The Hall–Kier alpha value is -1.16. The monoisotopic (exact) mass is 211 g/mol. The number of carbonyl (C=O) groups excluding carboxylic acids is 1. The van der Waals surface area contributed by atoms with Gasteiger partial charge >= 0.3 is 6.09 Å². The van der Waals surface area contributed by atoms with E-state index in [-0.39, 0.29) is 0 Å². The summed E-state index contributed by atoms with van der Waals surface area (Å²) in [5.74, 6) is 2.42. The Labute approximate surface area is 87.6 Å². The number of hydrogen-bond acceptors (Lipinski definition) is 3. The van der Waals surface area contributed by atoms with Crippen LogP contribution in [-0.2, 0) is 5.75 Å². The van der Waals surface area contributed by atoms with Crippen LogP contribution in [0, 0.1) is 0 Å². The Bertz CT molecular complexity index is 315. The van der Waals surface area contributed by atoms with Crippen LogP contribution in [0.3, 0.4) is 0 Å². The zero-order valence-electron chi connectivity index (χ0n) is 8.03. The number of amides is 1. The summed E-state index contributed by atoms with van der Waals surface area (Å²) in [5.41, 5.74) is 5.95. The van der Waals surface area contributed by atoms with E-state index in [0.717, 1.165) is 17.1 Å². The maximum Gasteiger partial charge on any atom is 0.409 e. The predicted octanol–water partition coefficient (Wildman–Crippen LogP) is 2.40. The fourth-order valence-corrected chi connectivity index (χ4v) is 1.71. The molecule has 0 saturated heterocycles. The number of hydrogen-bond donors (Lipinski definition) is 1.